The predicted molar refractivity (Wildman–Crippen MR) is 155 cm³/mol. The van der Waals surface area contributed by atoms with E-state index in [-0.39, 0.29) is 17.7 Å². The Morgan fingerprint density at radius 3 is 2.95 bits per heavy atom. The van der Waals surface area contributed by atoms with E-state index in [2.05, 4.69) is 39.4 Å². The fourth-order valence-corrected chi connectivity index (χ4v) is 7.55. The maximum atomic E-state index is 14.4. The fourth-order valence-electron chi connectivity index (χ4n) is 7.26. The number of halogens is 2. The first-order chi connectivity index (χ1) is 20.0. The first-order valence-corrected chi connectivity index (χ1v) is 15.0. The quantitative estimate of drug-likeness (QED) is 0.450. The van der Waals surface area contributed by atoms with Crippen molar-refractivity contribution < 1.29 is 13.9 Å². The summed E-state index contributed by atoms with van der Waals surface area (Å²) in [5.74, 6) is 0.805. The van der Waals surface area contributed by atoms with Crippen LogP contribution in [0.25, 0.3) is 10.8 Å². The molecule has 0 aliphatic carbocycles. The second-order valence-electron chi connectivity index (χ2n) is 11.8. The highest BCUT2D eigenvalue weighted by atomic mass is 35.5. The van der Waals surface area contributed by atoms with Crippen molar-refractivity contribution in [3.63, 3.8) is 0 Å². The molecule has 0 radical (unpaired) electrons. The zero-order valence-electron chi connectivity index (χ0n) is 23.0. The molecule has 1 aromatic heterocycles. The maximum absolute atomic E-state index is 14.4. The summed E-state index contributed by atoms with van der Waals surface area (Å²) in [6.45, 7) is 4.32. The van der Waals surface area contributed by atoms with E-state index in [1.54, 1.807) is 0 Å². The van der Waals surface area contributed by atoms with E-state index in [4.69, 9.17) is 31.0 Å². The van der Waals surface area contributed by atoms with Crippen LogP contribution in [-0.2, 0) is 17.8 Å². The highest BCUT2D eigenvalue weighted by molar-refractivity contribution is 6.35. The minimum atomic E-state index is -0.817. The second-order valence-corrected chi connectivity index (χ2v) is 12.2. The van der Waals surface area contributed by atoms with Crippen molar-refractivity contribution in [2.24, 2.45) is 0 Å². The molecule has 8 nitrogen and oxygen atoms in total. The van der Waals surface area contributed by atoms with Crippen LogP contribution in [0.5, 0.6) is 6.01 Å². The number of benzene rings is 2. The lowest BCUT2D eigenvalue weighted by atomic mass is 9.94. The normalized spacial score (nSPS) is 27.9. The first-order valence-electron chi connectivity index (χ1n) is 14.6. The summed E-state index contributed by atoms with van der Waals surface area (Å²) in [7, 11) is 0. The van der Waals surface area contributed by atoms with Crippen molar-refractivity contribution in [2.45, 2.75) is 62.6 Å². The molecular weight excluding hydrogens is 543 g/mol. The Morgan fingerprint density at radius 1 is 1.20 bits per heavy atom. The fraction of sp³-hybridized carbons (Fsp3) is 0.516. The van der Waals surface area contributed by atoms with Crippen LogP contribution in [0.3, 0.4) is 0 Å². The number of fused-ring (bicyclic) bond motifs is 3. The van der Waals surface area contributed by atoms with Crippen molar-refractivity contribution in [1.82, 2.24) is 20.2 Å². The molecule has 1 N–H and O–H groups in total. The number of nitrogens with zero attached hydrogens (tertiary/aromatic N) is 5. The van der Waals surface area contributed by atoms with E-state index in [0.717, 1.165) is 65.9 Å². The molecular formula is C31H34ClFN6O2. The average molecular weight is 577 g/mol. The molecule has 0 spiro atoms. The topological polar surface area (TPSA) is 86.5 Å². The molecule has 4 aliphatic rings. The highest BCUT2D eigenvalue weighted by Gasteiger charge is 2.49. The van der Waals surface area contributed by atoms with E-state index in [1.807, 2.05) is 18.2 Å². The van der Waals surface area contributed by atoms with Crippen LogP contribution in [0.4, 0.5) is 10.2 Å². The predicted octanol–water partition coefficient (Wildman–Crippen LogP) is 4.74. The zero-order valence-corrected chi connectivity index (χ0v) is 23.7. The third kappa shape index (κ3) is 5.01. The van der Waals surface area contributed by atoms with Crippen molar-refractivity contribution >= 4 is 28.2 Å². The molecule has 0 saturated carbocycles. The number of hydrogen-bond acceptors (Lipinski definition) is 8. The second kappa shape index (κ2) is 11.0. The van der Waals surface area contributed by atoms with Crippen LogP contribution in [0.2, 0.25) is 5.02 Å². The molecule has 4 aliphatic heterocycles. The number of nitriles is 1. The van der Waals surface area contributed by atoms with E-state index in [9.17, 15) is 9.65 Å². The first kappa shape index (κ1) is 26.8. The molecule has 5 heterocycles. The molecule has 10 heteroatoms. The minimum absolute atomic E-state index is 0.0599. The molecule has 2 aromatic carbocycles. The Hall–Kier alpha value is -3.03. The summed E-state index contributed by atoms with van der Waals surface area (Å²) in [5, 5.41) is 15.5. The van der Waals surface area contributed by atoms with Gasteiger partial charge in [-0.25, -0.2) is 4.39 Å². The summed E-state index contributed by atoms with van der Waals surface area (Å²) in [5.41, 5.74) is 2.62. The van der Waals surface area contributed by atoms with E-state index >= 15 is 0 Å². The van der Waals surface area contributed by atoms with E-state index in [0.29, 0.717) is 56.6 Å². The van der Waals surface area contributed by atoms with Crippen molar-refractivity contribution in [2.75, 3.05) is 44.2 Å². The van der Waals surface area contributed by atoms with E-state index < -0.39 is 6.17 Å². The third-order valence-electron chi connectivity index (χ3n) is 9.21. The van der Waals surface area contributed by atoms with Gasteiger partial charge in [0.25, 0.3) is 0 Å². The van der Waals surface area contributed by atoms with Crippen LogP contribution in [-0.4, -0.2) is 72.0 Å². The standard InChI is InChI=1S/C31H34ClFN6O2/c32-25-7-2-5-20-4-1-6-23(28(20)25)27-14-26-24(18-40-27)29(38-13-11-35-22(17-38)8-10-34)37-30(36-26)41-19-31-9-3-12-39(31)16-21(33)15-31/h1-2,4-7,21-22,27,35H,3,8-9,11-19H2/t21-,22+,27?,31+/m1/s1. The minimum Gasteiger partial charge on any atom is -0.461 e. The van der Waals surface area contributed by atoms with Gasteiger partial charge in [0.2, 0.25) is 0 Å². The van der Waals surface area contributed by atoms with E-state index in [1.165, 1.54) is 0 Å². The Kier molecular flexibility index (Phi) is 7.20. The number of piperazine rings is 1. The molecule has 41 heavy (non-hydrogen) atoms. The lowest BCUT2D eigenvalue weighted by molar-refractivity contribution is 0.0263. The van der Waals surface area contributed by atoms with Gasteiger partial charge in [0.15, 0.2) is 0 Å². The molecule has 0 amide bonds. The monoisotopic (exact) mass is 576 g/mol. The summed E-state index contributed by atoms with van der Waals surface area (Å²) >= 11 is 6.66. The van der Waals surface area contributed by atoms with Gasteiger partial charge in [0, 0.05) is 61.0 Å². The molecule has 3 fully saturated rings. The number of rotatable bonds is 6. The van der Waals surface area contributed by atoms with Gasteiger partial charge in [-0.2, -0.15) is 15.2 Å². The summed E-state index contributed by atoms with van der Waals surface area (Å²) in [4.78, 5) is 14.3. The van der Waals surface area contributed by atoms with Gasteiger partial charge < -0.3 is 19.7 Å². The van der Waals surface area contributed by atoms with Gasteiger partial charge in [0.1, 0.15) is 18.6 Å². The Morgan fingerprint density at radius 2 is 2.07 bits per heavy atom. The molecule has 7 rings (SSSR count). The third-order valence-corrected chi connectivity index (χ3v) is 9.53. The summed E-state index contributed by atoms with van der Waals surface area (Å²) in [6.07, 6.45) is 2.43. The van der Waals surface area contributed by atoms with Crippen LogP contribution in [0, 0.1) is 11.3 Å². The van der Waals surface area contributed by atoms with Crippen molar-refractivity contribution in [3.05, 3.63) is 58.2 Å². The lowest BCUT2D eigenvalue weighted by Gasteiger charge is -2.36. The van der Waals surface area contributed by atoms with Crippen molar-refractivity contribution in [1.29, 1.82) is 5.26 Å². The van der Waals surface area contributed by atoms with Gasteiger partial charge in [-0.15, -0.1) is 0 Å². The average Bonchev–Trinajstić information content (AvgIpc) is 3.51. The van der Waals surface area contributed by atoms with Gasteiger partial charge in [0.05, 0.1) is 36.4 Å². The maximum Gasteiger partial charge on any atom is 0.318 e. The SMILES string of the molecule is N#CC[C@H]1CN(c2nc(OC[C@@]34CCCN3C[C@H](F)C4)nc3c2COC(c2cccc4cccc(Cl)c24)C3)CCN1. The Labute approximate surface area is 244 Å². The molecule has 1 unspecified atom stereocenters. The van der Waals surface area contributed by atoms with Crippen molar-refractivity contribution in [3.8, 4) is 12.1 Å². The highest BCUT2D eigenvalue weighted by Crippen LogP contribution is 2.42. The number of anilines is 1. The number of hydrogen-bond donors (Lipinski definition) is 1. The number of alkyl halides is 1. The molecule has 3 aromatic rings. The van der Waals surface area contributed by atoms with Crippen LogP contribution in [0.15, 0.2) is 36.4 Å². The summed E-state index contributed by atoms with van der Waals surface area (Å²) in [6, 6.07) is 14.8. The van der Waals surface area contributed by atoms with Gasteiger partial charge in [-0.1, -0.05) is 41.9 Å². The van der Waals surface area contributed by atoms with Gasteiger partial charge in [-0.05, 0) is 36.4 Å². The summed E-state index contributed by atoms with van der Waals surface area (Å²) < 4.78 is 27.2. The molecule has 3 saturated heterocycles. The van der Waals surface area contributed by atoms with Crippen LogP contribution in [0.1, 0.15) is 48.6 Å². The molecule has 4 atom stereocenters. The van der Waals surface area contributed by atoms with Crippen LogP contribution < -0.4 is 15.0 Å². The van der Waals surface area contributed by atoms with Gasteiger partial charge >= 0.3 is 6.01 Å². The molecule has 214 valence electrons. The zero-order chi connectivity index (χ0) is 28.0. The number of ether oxygens (including phenoxy) is 2. The molecule has 0 bridgehead atoms. The van der Waals surface area contributed by atoms with Crippen LogP contribution >= 0.6 is 11.6 Å². The Bertz CT molecular complexity index is 1490. The lowest BCUT2D eigenvalue weighted by Crippen LogP contribution is -2.51. The number of nitrogens with one attached hydrogen (secondary N) is 1. The van der Waals surface area contributed by atoms with Gasteiger partial charge in [-0.3, -0.25) is 4.90 Å². The smallest absolute Gasteiger partial charge is 0.318 e. The number of aromatic nitrogens is 2. The Balaban J connectivity index is 1.23. The largest absolute Gasteiger partial charge is 0.461 e.